The molecule has 1 aliphatic rings. The summed E-state index contributed by atoms with van der Waals surface area (Å²) in [6.45, 7) is 0. The van der Waals surface area contributed by atoms with E-state index in [1.807, 2.05) is 17.5 Å². The number of thioether (sulfide) groups is 1. The molecule has 3 aromatic carbocycles. The van der Waals surface area contributed by atoms with Crippen LogP contribution in [0.25, 0.3) is 6.08 Å². The van der Waals surface area contributed by atoms with Gasteiger partial charge in [-0.1, -0.05) is 30.3 Å². The Balaban J connectivity index is 1.29. The van der Waals surface area contributed by atoms with Gasteiger partial charge in [0.1, 0.15) is 5.70 Å². The van der Waals surface area contributed by atoms with Gasteiger partial charge in [0.05, 0.1) is 15.9 Å². The first-order chi connectivity index (χ1) is 20.3. The fraction of sp³-hybridized carbons (Fsp3) is 0.0667. The van der Waals surface area contributed by atoms with Gasteiger partial charge < -0.3 is 10.6 Å². The molecule has 0 bridgehead atoms. The number of hydrogen-bond acceptors (Lipinski definition) is 8. The summed E-state index contributed by atoms with van der Waals surface area (Å²) >= 11 is 2.59. The molecule has 12 heteroatoms. The molecule has 1 fully saturated rings. The van der Waals surface area contributed by atoms with Gasteiger partial charge in [-0.05, 0) is 60.0 Å². The van der Waals surface area contributed by atoms with Crippen molar-refractivity contribution in [2.45, 2.75) is 16.6 Å². The van der Waals surface area contributed by atoms with Crippen LogP contribution in [-0.4, -0.2) is 33.8 Å². The summed E-state index contributed by atoms with van der Waals surface area (Å²) in [4.78, 5) is 64.7. The Morgan fingerprint density at radius 1 is 0.976 bits per heavy atom. The van der Waals surface area contributed by atoms with Gasteiger partial charge in [0.15, 0.2) is 0 Å². The number of carbonyl (C=O) groups is 4. The number of imide groups is 1. The van der Waals surface area contributed by atoms with E-state index in [0.29, 0.717) is 16.1 Å². The Labute approximate surface area is 248 Å². The Bertz CT molecular complexity index is 1690. The molecular formula is C30H22N4O6S2. The number of thiophene rings is 1. The Hall–Kier alpha value is -5.07. The lowest BCUT2D eigenvalue weighted by molar-refractivity contribution is -0.384. The maximum atomic E-state index is 13.3. The SMILES string of the molecule is O=C(Nc1cccc(SC2CC(=O)N(c3ccc([N+](=O)[O-])cc3)C2=O)c1)C(=Cc1cccs1)NC(=O)c1ccccc1. The van der Waals surface area contributed by atoms with E-state index in [1.54, 1.807) is 60.7 Å². The van der Waals surface area contributed by atoms with E-state index in [9.17, 15) is 29.3 Å². The van der Waals surface area contributed by atoms with Gasteiger partial charge in [0.2, 0.25) is 11.8 Å². The van der Waals surface area contributed by atoms with E-state index in [0.717, 1.165) is 9.78 Å². The third-order valence-corrected chi connectivity index (χ3v) is 8.15. The number of rotatable bonds is 9. The molecule has 210 valence electrons. The van der Waals surface area contributed by atoms with Crippen molar-refractivity contribution < 1.29 is 24.1 Å². The molecule has 0 spiro atoms. The van der Waals surface area contributed by atoms with Crippen molar-refractivity contribution in [3.63, 3.8) is 0 Å². The average molecular weight is 599 g/mol. The molecular weight excluding hydrogens is 576 g/mol. The molecule has 0 saturated carbocycles. The molecule has 1 saturated heterocycles. The van der Waals surface area contributed by atoms with Crippen LogP contribution in [0.4, 0.5) is 17.1 Å². The summed E-state index contributed by atoms with van der Waals surface area (Å²) in [6, 6.07) is 24.2. The van der Waals surface area contributed by atoms with Crippen LogP contribution >= 0.6 is 23.1 Å². The topological polar surface area (TPSA) is 139 Å². The standard InChI is InChI=1S/C30H22N4O6S2/c35-27-18-26(30(38)33(27)21-11-13-22(14-12-21)34(39)40)42-24-9-4-8-20(16-24)31-29(37)25(17-23-10-5-15-41-23)32-28(36)19-6-2-1-3-7-19/h1-17,26H,18H2,(H,31,37)(H,32,36). The Morgan fingerprint density at radius 3 is 2.43 bits per heavy atom. The Morgan fingerprint density at radius 2 is 1.74 bits per heavy atom. The molecule has 2 heterocycles. The zero-order valence-electron chi connectivity index (χ0n) is 21.8. The van der Waals surface area contributed by atoms with Crippen molar-refractivity contribution >= 4 is 69.9 Å². The first-order valence-electron chi connectivity index (χ1n) is 12.6. The number of amides is 4. The highest BCUT2D eigenvalue weighted by molar-refractivity contribution is 8.00. The van der Waals surface area contributed by atoms with Crippen molar-refractivity contribution in [3.05, 3.63) is 123 Å². The number of anilines is 2. The fourth-order valence-corrected chi connectivity index (χ4v) is 5.93. The zero-order chi connectivity index (χ0) is 29.6. The molecule has 1 unspecified atom stereocenters. The van der Waals surface area contributed by atoms with Crippen LogP contribution in [0.2, 0.25) is 0 Å². The number of benzene rings is 3. The monoisotopic (exact) mass is 598 g/mol. The third-order valence-electron chi connectivity index (χ3n) is 6.15. The number of nitro groups is 1. The van der Waals surface area contributed by atoms with Crippen LogP contribution in [0.1, 0.15) is 21.7 Å². The van der Waals surface area contributed by atoms with E-state index in [-0.39, 0.29) is 23.5 Å². The van der Waals surface area contributed by atoms with E-state index in [2.05, 4.69) is 10.6 Å². The first-order valence-corrected chi connectivity index (χ1v) is 14.4. The highest BCUT2D eigenvalue weighted by Gasteiger charge is 2.40. The summed E-state index contributed by atoms with van der Waals surface area (Å²) in [5, 5.41) is 17.6. The number of carbonyl (C=O) groups excluding carboxylic acids is 4. The molecule has 5 rings (SSSR count). The second kappa shape index (κ2) is 12.6. The molecule has 1 aromatic heterocycles. The van der Waals surface area contributed by atoms with Gasteiger partial charge in [-0.15, -0.1) is 23.1 Å². The smallest absolute Gasteiger partial charge is 0.272 e. The predicted octanol–water partition coefficient (Wildman–Crippen LogP) is 5.49. The molecule has 0 aliphatic carbocycles. The van der Waals surface area contributed by atoms with Crippen molar-refractivity contribution in [2.75, 3.05) is 10.2 Å². The van der Waals surface area contributed by atoms with Crippen LogP contribution in [0.3, 0.4) is 0 Å². The van der Waals surface area contributed by atoms with Crippen molar-refractivity contribution in [3.8, 4) is 0 Å². The summed E-state index contributed by atoms with van der Waals surface area (Å²) in [6.07, 6.45) is 1.55. The first kappa shape index (κ1) is 28.5. The van der Waals surface area contributed by atoms with Gasteiger partial charge in [-0.3, -0.25) is 29.3 Å². The summed E-state index contributed by atoms with van der Waals surface area (Å²) < 4.78 is 0. The number of nitrogens with zero attached hydrogens (tertiary/aromatic N) is 2. The lowest BCUT2D eigenvalue weighted by Crippen LogP contribution is -2.31. The van der Waals surface area contributed by atoms with Crippen LogP contribution in [0, 0.1) is 10.1 Å². The van der Waals surface area contributed by atoms with Gasteiger partial charge in [0, 0.05) is 39.6 Å². The predicted molar refractivity (Wildman–Crippen MR) is 161 cm³/mol. The molecule has 0 radical (unpaired) electrons. The van der Waals surface area contributed by atoms with Crippen molar-refractivity contribution in [2.24, 2.45) is 0 Å². The quantitative estimate of drug-likeness (QED) is 0.112. The number of nitrogens with one attached hydrogen (secondary N) is 2. The van der Waals surface area contributed by atoms with E-state index in [4.69, 9.17) is 0 Å². The molecule has 4 amide bonds. The number of nitro benzene ring substituents is 1. The molecule has 4 aromatic rings. The lowest BCUT2D eigenvalue weighted by atomic mass is 10.2. The van der Waals surface area contributed by atoms with Crippen molar-refractivity contribution in [1.82, 2.24) is 5.32 Å². The number of non-ortho nitro benzene ring substituents is 1. The normalized spacial score (nSPS) is 15.0. The molecule has 2 N–H and O–H groups in total. The highest BCUT2D eigenvalue weighted by Crippen LogP contribution is 2.35. The minimum absolute atomic E-state index is 0.0453. The fourth-order valence-electron chi connectivity index (χ4n) is 4.16. The largest absolute Gasteiger partial charge is 0.321 e. The molecule has 42 heavy (non-hydrogen) atoms. The maximum absolute atomic E-state index is 13.3. The van der Waals surface area contributed by atoms with E-state index in [1.165, 1.54) is 47.4 Å². The zero-order valence-corrected chi connectivity index (χ0v) is 23.4. The van der Waals surface area contributed by atoms with Crippen LogP contribution < -0.4 is 15.5 Å². The van der Waals surface area contributed by atoms with Gasteiger partial charge in [0.25, 0.3) is 17.5 Å². The average Bonchev–Trinajstić information content (AvgIpc) is 3.60. The van der Waals surface area contributed by atoms with Crippen LogP contribution in [0.15, 0.2) is 107 Å². The maximum Gasteiger partial charge on any atom is 0.272 e. The summed E-state index contributed by atoms with van der Waals surface area (Å²) in [7, 11) is 0. The second-order valence-corrected chi connectivity index (χ2v) is 11.3. The molecule has 10 nitrogen and oxygen atoms in total. The van der Waals surface area contributed by atoms with E-state index >= 15 is 0 Å². The molecule has 1 aliphatic heterocycles. The summed E-state index contributed by atoms with van der Waals surface area (Å²) in [5.74, 6) is -1.81. The van der Waals surface area contributed by atoms with Gasteiger partial charge in [-0.2, -0.15) is 0 Å². The van der Waals surface area contributed by atoms with Crippen LogP contribution in [0.5, 0.6) is 0 Å². The second-order valence-electron chi connectivity index (χ2n) is 9.03. The minimum atomic E-state index is -0.710. The minimum Gasteiger partial charge on any atom is -0.321 e. The van der Waals surface area contributed by atoms with Gasteiger partial charge >= 0.3 is 0 Å². The highest BCUT2D eigenvalue weighted by atomic mass is 32.2. The van der Waals surface area contributed by atoms with Crippen LogP contribution in [-0.2, 0) is 14.4 Å². The third kappa shape index (κ3) is 6.62. The van der Waals surface area contributed by atoms with Gasteiger partial charge in [-0.25, -0.2) is 4.90 Å². The van der Waals surface area contributed by atoms with E-state index < -0.39 is 33.8 Å². The molecule has 1 atom stereocenters. The van der Waals surface area contributed by atoms with Crippen molar-refractivity contribution in [1.29, 1.82) is 0 Å². The Kier molecular flexibility index (Phi) is 8.55. The number of hydrogen-bond donors (Lipinski definition) is 2. The lowest BCUT2D eigenvalue weighted by Gasteiger charge is -2.15. The summed E-state index contributed by atoms with van der Waals surface area (Å²) in [5.41, 5.74) is 1.01.